The molecule has 0 aliphatic carbocycles. The summed E-state index contributed by atoms with van der Waals surface area (Å²) in [6.07, 6.45) is -8.97. The van der Waals surface area contributed by atoms with Crippen LogP contribution in [0.5, 0.6) is 5.75 Å². The molecule has 0 saturated carbocycles. The molecule has 3 aromatic rings. The normalized spacial score (nSPS) is 23.1. The summed E-state index contributed by atoms with van der Waals surface area (Å²) in [5.74, 6) is -3.79. The molecule has 0 amide bonds. The van der Waals surface area contributed by atoms with Gasteiger partial charge in [0.05, 0.1) is 16.3 Å². The van der Waals surface area contributed by atoms with Crippen molar-refractivity contribution in [3.63, 3.8) is 0 Å². The van der Waals surface area contributed by atoms with E-state index in [1.165, 1.54) is 42.6 Å². The third-order valence-electron chi connectivity index (χ3n) is 5.82. The molecule has 1 aliphatic heterocycles. The second-order valence-electron chi connectivity index (χ2n) is 8.45. The van der Waals surface area contributed by atoms with E-state index in [9.17, 15) is 43.5 Å². The number of pyridine rings is 1. The summed E-state index contributed by atoms with van der Waals surface area (Å²) < 4.78 is 33.2. The minimum Gasteiger partial charge on any atom is -0.507 e. The number of carboxylic acids is 2. The van der Waals surface area contributed by atoms with Crippen LogP contribution >= 0.6 is 0 Å². The number of azo groups is 1. The molecule has 16 heteroatoms. The lowest BCUT2D eigenvalue weighted by Crippen LogP contribution is -2.65. The van der Waals surface area contributed by atoms with Gasteiger partial charge in [0.15, 0.2) is 12.3 Å². The van der Waals surface area contributed by atoms with E-state index in [2.05, 4.69) is 15.2 Å². The van der Waals surface area contributed by atoms with Crippen molar-refractivity contribution in [2.24, 2.45) is 10.2 Å². The number of sulfonamides is 1. The van der Waals surface area contributed by atoms with Gasteiger partial charge in [0.25, 0.3) is 10.0 Å². The number of anilines is 1. The minimum atomic E-state index is -4.65. The maximum atomic E-state index is 13.7. The average Bonchev–Trinajstić information content (AvgIpc) is 2.93. The van der Waals surface area contributed by atoms with Gasteiger partial charge >= 0.3 is 11.9 Å². The highest BCUT2D eigenvalue weighted by Gasteiger charge is 2.51. The summed E-state index contributed by atoms with van der Waals surface area (Å²) in [5, 5.41) is 66.8. The number of carbonyl (C=O) groups is 2. The van der Waals surface area contributed by atoms with E-state index in [0.717, 1.165) is 24.3 Å². The number of hydrogen-bond acceptors (Lipinski definition) is 12. The zero-order valence-electron chi connectivity index (χ0n) is 20.2. The number of rotatable bonds is 8. The molecule has 210 valence electrons. The summed E-state index contributed by atoms with van der Waals surface area (Å²) in [6.45, 7) is 0. The maximum Gasteiger partial charge on any atom is 0.339 e. The standard InChI is InChI=1S/C24H22N4O11S/c29-16-9-6-13(11-15(16)23(33)34)27-26-12-4-7-14(8-5-12)40(37,38)28(17-3-1-2-10-25-17)22-20(32)18(30)19(31)21(39-22)24(35)36/h1-11,18-22,29-32H,(H,33,34)(H,35,36). The number of benzene rings is 2. The number of aromatic hydroxyl groups is 1. The summed E-state index contributed by atoms with van der Waals surface area (Å²) in [4.78, 5) is 26.4. The molecule has 15 nitrogen and oxygen atoms in total. The molecule has 1 aromatic heterocycles. The van der Waals surface area contributed by atoms with Gasteiger partial charge in [-0.1, -0.05) is 6.07 Å². The van der Waals surface area contributed by atoms with Crippen LogP contribution in [0, 0.1) is 0 Å². The number of hydrogen-bond donors (Lipinski definition) is 6. The van der Waals surface area contributed by atoms with Gasteiger partial charge in [-0.05, 0) is 54.6 Å². The Labute approximate surface area is 225 Å². The fourth-order valence-electron chi connectivity index (χ4n) is 3.80. The first-order valence-corrected chi connectivity index (χ1v) is 12.8. The number of ether oxygens (including phenoxy) is 1. The lowest BCUT2D eigenvalue weighted by atomic mass is 9.98. The second-order valence-corrected chi connectivity index (χ2v) is 10.3. The number of aliphatic carboxylic acids is 1. The van der Waals surface area contributed by atoms with Gasteiger partial charge < -0.3 is 35.4 Å². The van der Waals surface area contributed by atoms with Crippen LogP contribution in [0.4, 0.5) is 17.2 Å². The summed E-state index contributed by atoms with van der Waals surface area (Å²) >= 11 is 0. The predicted molar refractivity (Wildman–Crippen MR) is 134 cm³/mol. The molecule has 1 fully saturated rings. The van der Waals surface area contributed by atoms with Crippen molar-refractivity contribution >= 4 is 39.2 Å². The predicted octanol–water partition coefficient (Wildman–Crippen LogP) is 0.988. The van der Waals surface area contributed by atoms with E-state index in [0.29, 0.717) is 4.31 Å². The molecule has 0 radical (unpaired) electrons. The molecule has 2 aromatic carbocycles. The third-order valence-corrected chi connectivity index (χ3v) is 7.60. The van der Waals surface area contributed by atoms with Crippen LogP contribution in [0.2, 0.25) is 0 Å². The van der Waals surface area contributed by atoms with E-state index in [1.54, 1.807) is 0 Å². The van der Waals surface area contributed by atoms with Crippen LogP contribution < -0.4 is 4.31 Å². The quantitative estimate of drug-likeness (QED) is 0.206. The van der Waals surface area contributed by atoms with Crippen LogP contribution in [0.25, 0.3) is 0 Å². The van der Waals surface area contributed by atoms with E-state index < -0.39 is 58.4 Å². The third kappa shape index (κ3) is 5.61. The lowest BCUT2D eigenvalue weighted by Gasteiger charge is -2.43. The number of aliphatic hydroxyl groups excluding tert-OH is 3. The van der Waals surface area contributed by atoms with Crippen molar-refractivity contribution in [3.8, 4) is 5.75 Å². The van der Waals surface area contributed by atoms with Crippen molar-refractivity contribution in [1.82, 2.24) is 4.98 Å². The molecular formula is C24H22N4O11S. The molecule has 4 rings (SSSR count). The summed E-state index contributed by atoms with van der Waals surface area (Å²) in [7, 11) is -4.65. The maximum absolute atomic E-state index is 13.7. The fraction of sp³-hybridized carbons (Fsp3) is 0.208. The van der Waals surface area contributed by atoms with Gasteiger partial charge in [-0.2, -0.15) is 10.2 Å². The molecule has 1 aliphatic rings. The second kappa shape index (κ2) is 11.3. The Kier molecular flexibility index (Phi) is 8.08. The zero-order chi connectivity index (χ0) is 29.2. The first-order chi connectivity index (χ1) is 18.9. The molecule has 5 atom stereocenters. The van der Waals surface area contributed by atoms with E-state index in [-0.39, 0.29) is 27.7 Å². The number of nitrogens with zero attached hydrogens (tertiary/aromatic N) is 4. The van der Waals surface area contributed by atoms with Gasteiger partial charge in [0.2, 0.25) is 0 Å². The van der Waals surface area contributed by atoms with Crippen LogP contribution in [0.3, 0.4) is 0 Å². The number of carboxylic acid groups (broad SMARTS) is 2. The molecule has 40 heavy (non-hydrogen) atoms. The van der Waals surface area contributed by atoms with Gasteiger partial charge in [-0.25, -0.2) is 27.3 Å². The van der Waals surface area contributed by atoms with Crippen molar-refractivity contribution < 1.29 is 53.4 Å². The lowest BCUT2D eigenvalue weighted by molar-refractivity contribution is -0.224. The van der Waals surface area contributed by atoms with Crippen molar-refractivity contribution in [3.05, 3.63) is 72.4 Å². The van der Waals surface area contributed by atoms with Gasteiger partial charge in [-0.3, -0.25) is 0 Å². The largest absolute Gasteiger partial charge is 0.507 e. The Morgan fingerprint density at radius 3 is 2.12 bits per heavy atom. The van der Waals surface area contributed by atoms with Crippen LogP contribution in [0.15, 0.2) is 82.0 Å². The average molecular weight is 575 g/mol. The van der Waals surface area contributed by atoms with Crippen LogP contribution in [-0.2, 0) is 19.6 Å². The first-order valence-electron chi connectivity index (χ1n) is 11.4. The topological polar surface area (TPSA) is 240 Å². The van der Waals surface area contributed by atoms with E-state index in [4.69, 9.17) is 9.84 Å². The van der Waals surface area contributed by atoms with Gasteiger partial charge in [0.1, 0.15) is 35.4 Å². The van der Waals surface area contributed by atoms with Gasteiger partial charge in [-0.15, -0.1) is 0 Å². The number of aliphatic hydroxyl groups is 3. The summed E-state index contributed by atoms with van der Waals surface area (Å²) in [6, 6.07) is 12.5. The molecule has 5 unspecified atom stereocenters. The Balaban J connectivity index is 1.68. The molecule has 0 bridgehead atoms. The Hall–Kier alpha value is -4.48. The molecule has 6 N–H and O–H groups in total. The molecule has 2 heterocycles. The number of aromatic nitrogens is 1. The highest BCUT2D eigenvalue weighted by Crippen LogP contribution is 2.33. The van der Waals surface area contributed by atoms with E-state index in [1.807, 2.05) is 0 Å². The SMILES string of the molecule is O=C(O)c1cc(N=Nc2ccc(S(=O)(=O)N(c3ccccn3)C3OC(C(=O)O)C(O)C(O)C3O)cc2)ccc1O. The number of aromatic carboxylic acids is 1. The van der Waals surface area contributed by atoms with Crippen molar-refractivity contribution in [1.29, 1.82) is 0 Å². The van der Waals surface area contributed by atoms with Crippen LogP contribution in [-0.4, -0.2) is 86.6 Å². The molecular weight excluding hydrogens is 552 g/mol. The Morgan fingerprint density at radius 1 is 0.875 bits per heavy atom. The highest BCUT2D eigenvalue weighted by molar-refractivity contribution is 7.92. The summed E-state index contributed by atoms with van der Waals surface area (Å²) in [5.41, 5.74) is -0.125. The van der Waals surface area contributed by atoms with E-state index >= 15 is 0 Å². The van der Waals surface area contributed by atoms with Gasteiger partial charge in [0, 0.05) is 6.20 Å². The minimum absolute atomic E-state index is 0.102. The molecule has 1 saturated heterocycles. The smallest absolute Gasteiger partial charge is 0.339 e. The Morgan fingerprint density at radius 2 is 1.52 bits per heavy atom. The van der Waals surface area contributed by atoms with Crippen molar-refractivity contribution in [2.75, 3.05) is 4.31 Å². The zero-order valence-corrected chi connectivity index (χ0v) is 21.0. The highest BCUT2D eigenvalue weighted by atomic mass is 32.2. The first kappa shape index (κ1) is 28.5. The molecule has 0 spiro atoms. The number of phenols is 1. The van der Waals surface area contributed by atoms with Crippen molar-refractivity contribution in [2.45, 2.75) is 35.5 Å². The monoisotopic (exact) mass is 574 g/mol. The van der Waals surface area contributed by atoms with Crippen LogP contribution in [0.1, 0.15) is 10.4 Å². The fourth-order valence-corrected chi connectivity index (χ4v) is 5.31. The Bertz CT molecular complexity index is 1530.